The Kier molecular flexibility index (Phi) is 4.02. The molecule has 3 unspecified atom stereocenters. The molecule has 0 aliphatic carbocycles. The molecule has 1 aromatic heterocycles. The zero-order valence-corrected chi connectivity index (χ0v) is 13.8. The van der Waals surface area contributed by atoms with Crippen LogP contribution in [0, 0.1) is 5.92 Å². The molecular formula is C19H22N2O3. The van der Waals surface area contributed by atoms with E-state index in [4.69, 9.17) is 9.15 Å². The number of furan rings is 1. The number of carbonyl (C=O) groups excluding carboxylic acids is 1. The van der Waals surface area contributed by atoms with Gasteiger partial charge in [0.2, 0.25) is 0 Å². The minimum atomic E-state index is -0.128. The predicted molar refractivity (Wildman–Crippen MR) is 91.1 cm³/mol. The molecule has 2 aliphatic rings. The van der Waals surface area contributed by atoms with Gasteiger partial charge in [-0.25, -0.2) is 0 Å². The molecule has 126 valence electrons. The van der Waals surface area contributed by atoms with E-state index in [2.05, 4.69) is 10.2 Å². The average Bonchev–Trinajstić information content (AvgIpc) is 3.22. The summed E-state index contributed by atoms with van der Waals surface area (Å²) in [6.07, 6.45) is 2.33. The summed E-state index contributed by atoms with van der Waals surface area (Å²) in [7, 11) is 1.63. The molecule has 0 saturated carbocycles. The van der Waals surface area contributed by atoms with Crippen molar-refractivity contribution in [2.24, 2.45) is 5.92 Å². The van der Waals surface area contributed by atoms with Crippen LogP contribution in [0.5, 0.6) is 5.75 Å². The molecule has 4 rings (SSSR count). The topological polar surface area (TPSA) is 54.7 Å². The van der Waals surface area contributed by atoms with Crippen LogP contribution in [0.1, 0.15) is 23.4 Å². The van der Waals surface area contributed by atoms with Gasteiger partial charge in [-0.2, -0.15) is 0 Å². The van der Waals surface area contributed by atoms with Crippen LogP contribution in [0.15, 0.2) is 40.8 Å². The second kappa shape index (κ2) is 6.32. The average molecular weight is 326 g/mol. The predicted octanol–water partition coefficient (Wildman–Crippen LogP) is 2.78. The zero-order chi connectivity index (χ0) is 16.5. The highest BCUT2D eigenvalue weighted by atomic mass is 16.5. The normalized spacial score (nSPS) is 25.5. The van der Waals surface area contributed by atoms with Gasteiger partial charge in [0.05, 0.1) is 7.11 Å². The molecule has 2 aromatic rings. The molecule has 0 radical (unpaired) electrons. The van der Waals surface area contributed by atoms with Gasteiger partial charge in [-0.1, -0.05) is 12.1 Å². The van der Waals surface area contributed by atoms with Crippen LogP contribution in [-0.2, 0) is 0 Å². The number of carbonyl (C=O) groups is 1. The van der Waals surface area contributed by atoms with Crippen LogP contribution in [0.2, 0.25) is 0 Å². The lowest BCUT2D eigenvalue weighted by atomic mass is 9.97. The lowest BCUT2D eigenvalue weighted by Crippen LogP contribution is -2.46. The Morgan fingerprint density at radius 1 is 1.29 bits per heavy atom. The van der Waals surface area contributed by atoms with Crippen LogP contribution >= 0.6 is 0 Å². The zero-order valence-electron chi connectivity index (χ0n) is 13.8. The van der Waals surface area contributed by atoms with Crippen molar-refractivity contribution < 1.29 is 13.9 Å². The number of hydrogen-bond acceptors (Lipinski definition) is 4. The van der Waals surface area contributed by atoms with E-state index < -0.39 is 0 Å². The molecule has 24 heavy (non-hydrogen) atoms. The molecule has 2 fully saturated rings. The monoisotopic (exact) mass is 326 g/mol. The summed E-state index contributed by atoms with van der Waals surface area (Å²) in [5, 5.41) is 3.12. The number of piperidine rings is 1. The van der Waals surface area contributed by atoms with Gasteiger partial charge in [0.1, 0.15) is 11.5 Å². The lowest BCUT2D eigenvalue weighted by Gasteiger charge is -2.30. The van der Waals surface area contributed by atoms with E-state index in [1.165, 1.54) is 13.0 Å². The first kappa shape index (κ1) is 15.3. The van der Waals surface area contributed by atoms with E-state index in [1.54, 1.807) is 13.2 Å². The Bertz CT molecular complexity index is 728. The third-order valence-corrected chi connectivity index (χ3v) is 4.99. The maximum atomic E-state index is 12.5. The van der Waals surface area contributed by atoms with E-state index in [0.717, 1.165) is 36.7 Å². The van der Waals surface area contributed by atoms with Gasteiger partial charge in [0, 0.05) is 24.7 Å². The first-order valence-electron chi connectivity index (χ1n) is 8.49. The number of nitrogens with zero attached hydrogens (tertiary/aromatic N) is 1. The van der Waals surface area contributed by atoms with E-state index >= 15 is 0 Å². The van der Waals surface area contributed by atoms with E-state index in [-0.39, 0.29) is 11.9 Å². The summed E-state index contributed by atoms with van der Waals surface area (Å²) in [6, 6.07) is 11.4. The van der Waals surface area contributed by atoms with Crippen molar-refractivity contribution in [1.82, 2.24) is 10.2 Å². The highest BCUT2D eigenvalue weighted by Crippen LogP contribution is 2.28. The maximum Gasteiger partial charge on any atom is 0.287 e. The van der Waals surface area contributed by atoms with Gasteiger partial charge in [-0.05, 0) is 49.6 Å². The molecule has 5 nitrogen and oxygen atoms in total. The van der Waals surface area contributed by atoms with Gasteiger partial charge < -0.3 is 19.4 Å². The van der Waals surface area contributed by atoms with Crippen molar-refractivity contribution in [3.8, 4) is 17.1 Å². The molecule has 5 heteroatoms. The third kappa shape index (κ3) is 3.04. The van der Waals surface area contributed by atoms with Gasteiger partial charge in [-0.15, -0.1) is 0 Å². The van der Waals surface area contributed by atoms with Crippen molar-refractivity contribution >= 4 is 5.91 Å². The number of rotatable bonds is 4. The van der Waals surface area contributed by atoms with Crippen molar-refractivity contribution in [2.45, 2.75) is 18.9 Å². The fourth-order valence-electron chi connectivity index (χ4n) is 3.81. The summed E-state index contributed by atoms with van der Waals surface area (Å²) >= 11 is 0. The fourth-order valence-corrected chi connectivity index (χ4v) is 3.81. The van der Waals surface area contributed by atoms with Crippen molar-refractivity contribution in [3.05, 3.63) is 42.2 Å². The summed E-state index contributed by atoms with van der Waals surface area (Å²) in [5.41, 5.74) is 0.898. The molecule has 0 spiro atoms. The molecule has 1 aromatic carbocycles. The van der Waals surface area contributed by atoms with Gasteiger partial charge in [-0.3, -0.25) is 4.79 Å². The van der Waals surface area contributed by atoms with Gasteiger partial charge in [0.15, 0.2) is 5.76 Å². The quantitative estimate of drug-likeness (QED) is 0.939. The fraction of sp³-hybridized carbons (Fsp3) is 0.421. The molecule has 1 amide bonds. The minimum absolute atomic E-state index is 0.128. The molecule has 1 N–H and O–H groups in total. The SMILES string of the molecule is COc1cccc(-c2ccc(C(=O)NC3CC4CCN(C4)C3)o2)c1. The van der Waals surface area contributed by atoms with E-state index in [0.29, 0.717) is 11.5 Å². The first-order chi connectivity index (χ1) is 11.7. The van der Waals surface area contributed by atoms with Crippen LogP contribution in [0.3, 0.4) is 0 Å². The molecule has 3 heterocycles. The molecule has 3 atom stereocenters. The summed E-state index contributed by atoms with van der Waals surface area (Å²) in [4.78, 5) is 14.9. The van der Waals surface area contributed by atoms with Crippen molar-refractivity contribution in [3.63, 3.8) is 0 Å². The van der Waals surface area contributed by atoms with Gasteiger partial charge in [0.25, 0.3) is 5.91 Å². The number of methoxy groups -OCH3 is 1. The smallest absolute Gasteiger partial charge is 0.287 e. The molecule has 2 saturated heterocycles. The number of benzene rings is 1. The highest BCUT2D eigenvalue weighted by Gasteiger charge is 2.33. The minimum Gasteiger partial charge on any atom is -0.497 e. The van der Waals surface area contributed by atoms with Crippen LogP contribution in [0.4, 0.5) is 0 Å². The summed E-state index contributed by atoms with van der Waals surface area (Å²) in [6.45, 7) is 3.30. The second-order valence-corrected chi connectivity index (χ2v) is 6.72. The van der Waals surface area contributed by atoms with Crippen molar-refractivity contribution in [1.29, 1.82) is 0 Å². The summed E-state index contributed by atoms with van der Waals surface area (Å²) in [5.74, 6) is 2.40. The van der Waals surface area contributed by atoms with Crippen molar-refractivity contribution in [2.75, 3.05) is 26.7 Å². The standard InChI is InChI=1S/C19H22N2O3/c1-23-16-4-2-3-14(10-16)17-5-6-18(24-17)19(22)20-15-9-13-7-8-21(11-13)12-15/h2-6,10,13,15H,7-9,11-12H2,1H3,(H,20,22). The number of nitrogens with one attached hydrogen (secondary N) is 1. The lowest BCUT2D eigenvalue weighted by molar-refractivity contribution is 0.0882. The second-order valence-electron chi connectivity index (χ2n) is 6.72. The first-order valence-corrected chi connectivity index (χ1v) is 8.49. The molecule has 2 aliphatic heterocycles. The van der Waals surface area contributed by atoms with Gasteiger partial charge >= 0.3 is 0 Å². The Labute approximate surface area is 141 Å². The Hall–Kier alpha value is -2.27. The number of amides is 1. The Morgan fingerprint density at radius 3 is 3.04 bits per heavy atom. The number of fused-ring (bicyclic) bond motifs is 2. The highest BCUT2D eigenvalue weighted by molar-refractivity contribution is 5.92. The van der Waals surface area contributed by atoms with E-state index in [9.17, 15) is 4.79 Å². The van der Waals surface area contributed by atoms with Crippen LogP contribution in [0.25, 0.3) is 11.3 Å². The van der Waals surface area contributed by atoms with Crippen LogP contribution < -0.4 is 10.1 Å². The molecule has 2 bridgehead atoms. The maximum absolute atomic E-state index is 12.5. The number of ether oxygens (including phenoxy) is 1. The Balaban J connectivity index is 1.45. The largest absolute Gasteiger partial charge is 0.497 e. The Morgan fingerprint density at radius 2 is 2.21 bits per heavy atom. The summed E-state index contributed by atoms with van der Waals surface area (Å²) < 4.78 is 11.0. The third-order valence-electron chi connectivity index (χ3n) is 4.99. The van der Waals surface area contributed by atoms with Crippen LogP contribution in [-0.4, -0.2) is 43.6 Å². The number of hydrogen-bond donors (Lipinski definition) is 1. The molecular weight excluding hydrogens is 304 g/mol. The van der Waals surface area contributed by atoms with E-state index in [1.807, 2.05) is 30.3 Å².